The zero-order valence-corrected chi connectivity index (χ0v) is 10.7. The van der Waals surface area contributed by atoms with Crippen LogP contribution in [0.4, 0.5) is 4.79 Å². The van der Waals surface area contributed by atoms with Crippen molar-refractivity contribution in [2.45, 2.75) is 45.1 Å². The van der Waals surface area contributed by atoms with Crippen molar-refractivity contribution in [3.8, 4) is 0 Å². The maximum absolute atomic E-state index is 11.6. The molecule has 0 saturated heterocycles. The fourth-order valence-electron chi connectivity index (χ4n) is 1.99. The molecular weight excluding hydrogens is 222 g/mol. The van der Waals surface area contributed by atoms with Crippen molar-refractivity contribution in [3.63, 3.8) is 0 Å². The predicted molar refractivity (Wildman–Crippen MR) is 62.5 cm³/mol. The molecule has 2 atom stereocenters. The number of hydrogen-bond donors (Lipinski definition) is 1. The van der Waals surface area contributed by atoms with Crippen LogP contribution in [-0.4, -0.2) is 31.3 Å². The highest BCUT2D eigenvalue weighted by atomic mass is 16.6. The van der Waals surface area contributed by atoms with Crippen LogP contribution < -0.4 is 5.32 Å². The third-order valence-corrected chi connectivity index (χ3v) is 3.20. The minimum atomic E-state index is -0.840. The highest BCUT2D eigenvalue weighted by Gasteiger charge is 2.61. The van der Waals surface area contributed by atoms with Crippen LogP contribution in [0, 0.1) is 5.92 Å². The molecule has 1 rings (SSSR count). The highest BCUT2D eigenvalue weighted by Crippen LogP contribution is 2.46. The summed E-state index contributed by atoms with van der Waals surface area (Å²) >= 11 is 0. The van der Waals surface area contributed by atoms with Crippen molar-refractivity contribution < 1.29 is 19.1 Å². The third-order valence-electron chi connectivity index (χ3n) is 3.20. The lowest BCUT2D eigenvalue weighted by Gasteiger charge is -2.16. The molecule has 1 saturated carbocycles. The van der Waals surface area contributed by atoms with Gasteiger partial charge in [-0.3, -0.25) is 0 Å². The Balaban J connectivity index is 2.46. The molecule has 5 nitrogen and oxygen atoms in total. The molecule has 1 amide bonds. The summed E-state index contributed by atoms with van der Waals surface area (Å²) in [6.07, 6.45) is 2.74. The topological polar surface area (TPSA) is 64.6 Å². The van der Waals surface area contributed by atoms with Gasteiger partial charge in [0.05, 0.1) is 13.7 Å². The summed E-state index contributed by atoms with van der Waals surface area (Å²) in [6.45, 7) is 4.39. The van der Waals surface area contributed by atoms with Gasteiger partial charge in [-0.1, -0.05) is 26.7 Å². The highest BCUT2D eigenvalue weighted by molar-refractivity contribution is 5.89. The van der Waals surface area contributed by atoms with Crippen molar-refractivity contribution in [2.75, 3.05) is 13.7 Å². The Bertz CT molecular complexity index is 292. The van der Waals surface area contributed by atoms with Gasteiger partial charge in [-0.15, -0.1) is 0 Å². The normalized spacial score (nSPS) is 26.2. The molecule has 0 aliphatic heterocycles. The van der Waals surface area contributed by atoms with E-state index in [-0.39, 0.29) is 11.9 Å². The molecule has 0 bridgehead atoms. The minimum Gasteiger partial charge on any atom is -0.467 e. The van der Waals surface area contributed by atoms with E-state index in [1.165, 1.54) is 7.11 Å². The standard InChI is InChI=1S/C12H21NO4/c1-4-6-7-17-11(15)13-12(10(14)16-3)8-9(12)5-2/h9H,4-8H2,1-3H3,(H,13,15). The molecule has 1 aliphatic carbocycles. The van der Waals surface area contributed by atoms with Gasteiger partial charge in [-0.25, -0.2) is 9.59 Å². The van der Waals surface area contributed by atoms with E-state index in [9.17, 15) is 9.59 Å². The zero-order chi connectivity index (χ0) is 12.9. The van der Waals surface area contributed by atoms with Crippen LogP contribution in [0.25, 0.3) is 0 Å². The van der Waals surface area contributed by atoms with E-state index in [0.717, 1.165) is 19.3 Å². The smallest absolute Gasteiger partial charge is 0.408 e. The lowest BCUT2D eigenvalue weighted by Crippen LogP contribution is -2.46. The Morgan fingerprint density at radius 3 is 2.59 bits per heavy atom. The van der Waals surface area contributed by atoms with Gasteiger partial charge in [0.15, 0.2) is 0 Å². The number of hydrogen-bond acceptors (Lipinski definition) is 4. The molecule has 98 valence electrons. The predicted octanol–water partition coefficient (Wildman–Crippen LogP) is 1.85. The summed E-state index contributed by atoms with van der Waals surface area (Å²) < 4.78 is 9.71. The van der Waals surface area contributed by atoms with Gasteiger partial charge in [0.2, 0.25) is 0 Å². The van der Waals surface area contributed by atoms with E-state index in [4.69, 9.17) is 9.47 Å². The van der Waals surface area contributed by atoms with Gasteiger partial charge in [-0.2, -0.15) is 0 Å². The minimum absolute atomic E-state index is 0.161. The zero-order valence-electron chi connectivity index (χ0n) is 10.7. The average Bonchev–Trinajstić information content (AvgIpc) is 3.03. The number of carbonyl (C=O) groups excluding carboxylic acids is 2. The molecule has 2 unspecified atom stereocenters. The van der Waals surface area contributed by atoms with E-state index in [1.807, 2.05) is 13.8 Å². The maximum Gasteiger partial charge on any atom is 0.408 e. The summed E-state index contributed by atoms with van der Waals surface area (Å²) in [4.78, 5) is 23.2. The molecule has 0 aromatic heterocycles. The first-order valence-corrected chi connectivity index (χ1v) is 6.14. The van der Waals surface area contributed by atoms with Crippen LogP contribution in [0.2, 0.25) is 0 Å². The first-order valence-electron chi connectivity index (χ1n) is 6.14. The lowest BCUT2D eigenvalue weighted by molar-refractivity contribution is -0.144. The number of carbonyl (C=O) groups is 2. The molecule has 0 aromatic carbocycles. The fourth-order valence-corrected chi connectivity index (χ4v) is 1.99. The van der Waals surface area contributed by atoms with Gasteiger partial charge in [-0.05, 0) is 18.8 Å². The van der Waals surface area contributed by atoms with E-state index in [1.54, 1.807) is 0 Å². The summed E-state index contributed by atoms with van der Waals surface area (Å²) in [5.74, 6) is -0.217. The molecule has 5 heteroatoms. The van der Waals surface area contributed by atoms with Crippen LogP contribution in [-0.2, 0) is 14.3 Å². The molecule has 1 aliphatic rings. The number of amides is 1. The molecule has 0 spiro atoms. The van der Waals surface area contributed by atoms with Gasteiger partial charge in [0, 0.05) is 0 Å². The monoisotopic (exact) mass is 243 g/mol. The average molecular weight is 243 g/mol. The number of unbranched alkanes of at least 4 members (excludes halogenated alkanes) is 1. The van der Waals surface area contributed by atoms with Crippen molar-refractivity contribution >= 4 is 12.1 Å². The Morgan fingerprint density at radius 1 is 1.41 bits per heavy atom. The molecule has 1 fully saturated rings. The quantitative estimate of drug-likeness (QED) is 0.571. The number of esters is 1. The molecule has 0 aromatic rings. The molecule has 1 N–H and O–H groups in total. The van der Waals surface area contributed by atoms with Crippen molar-refractivity contribution in [1.29, 1.82) is 0 Å². The Labute approximate surface area is 102 Å². The molecule has 17 heavy (non-hydrogen) atoms. The fraction of sp³-hybridized carbons (Fsp3) is 0.833. The SMILES string of the molecule is CCCCOC(=O)NC1(C(=O)OC)CC1CC. The number of alkyl carbamates (subject to hydrolysis) is 1. The van der Waals surface area contributed by atoms with Crippen LogP contribution in [0.15, 0.2) is 0 Å². The lowest BCUT2D eigenvalue weighted by atomic mass is 10.2. The Kier molecular flexibility index (Phi) is 4.78. The summed E-state index contributed by atoms with van der Waals surface area (Å²) in [5, 5.41) is 2.64. The van der Waals surface area contributed by atoms with Crippen LogP contribution in [0.1, 0.15) is 39.5 Å². The van der Waals surface area contributed by atoms with Gasteiger partial charge in [0.1, 0.15) is 5.54 Å². The molecular formula is C12H21NO4. The Morgan fingerprint density at radius 2 is 2.12 bits per heavy atom. The van der Waals surface area contributed by atoms with Crippen molar-refractivity contribution in [3.05, 3.63) is 0 Å². The van der Waals surface area contributed by atoms with E-state index in [0.29, 0.717) is 13.0 Å². The van der Waals surface area contributed by atoms with Crippen molar-refractivity contribution in [1.82, 2.24) is 5.32 Å². The number of rotatable bonds is 6. The van der Waals surface area contributed by atoms with Crippen molar-refractivity contribution in [2.24, 2.45) is 5.92 Å². The van der Waals surface area contributed by atoms with E-state index in [2.05, 4.69) is 5.32 Å². The first-order chi connectivity index (χ1) is 8.10. The van der Waals surface area contributed by atoms with Gasteiger partial charge in [0.25, 0.3) is 0 Å². The number of nitrogens with one attached hydrogen (secondary N) is 1. The van der Waals surface area contributed by atoms with E-state index >= 15 is 0 Å². The second-order valence-corrected chi connectivity index (χ2v) is 4.39. The summed E-state index contributed by atoms with van der Waals surface area (Å²) in [6, 6.07) is 0. The van der Waals surface area contributed by atoms with Gasteiger partial charge < -0.3 is 14.8 Å². The number of methoxy groups -OCH3 is 1. The van der Waals surface area contributed by atoms with Crippen LogP contribution in [0.3, 0.4) is 0 Å². The summed E-state index contributed by atoms with van der Waals surface area (Å²) in [7, 11) is 1.33. The van der Waals surface area contributed by atoms with Crippen LogP contribution in [0.5, 0.6) is 0 Å². The van der Waals surface area contributed by atoms with E-state index < -0.39 is 11.6 Å². The Hall–Kier alpha value is -1.26. The second kappa shape index (κ2) is 5.89. The largest absolute Gasteiger partial charge is 0.467 e. The first kappa shape index (κ1) is 13.8. The third kappa shape index (κ3) is 3.11. The molecule has 0 heterocycles. The van der Waals surface area contributed by atoms with Crippen LogP contribution >= 0.6 is 0 Å². The summed E-state index contributed by atoms with van der Waals surface area (Å²) in [5.41, 5.74) is -0.840. The second-order valence-electron chi connectivity index (χ2n) is 4.39. The number of ether oxygens (including phenoxy) is 2. The maximum atomic E-state index is 11.6. The van der Waals surface area contributed by atoms with Gasteiger partial charge >= 0.3 is 12.1 Å². The molecule has 0 radical (unpaired) electrons.